The van der Waals surface area contributed by atoms with Gasteiger partial charge in [-0.15, -0.1) is 0 Å². The summed E-state index contributed by atoms with van der Waals surface area (Å²) in [5.41, 5.74) is 24.9. The summed E-state index contributed by atoms with van der Waals surface area (Å²) in [5.74, 6) is 0. The van der Waals surface area contributed by atoms with Crippen LogP contribution >= 0.6 is 0 Å². The smallest absolute Gasteiger partial charge is 0.252 e. The number of anilines is 6. The van der Waals surface area contributed by atoms with Crippen LogP contribution in [0.5, 0.6) is 0 Å². The Bertz CT molecular complexity index is 5930. The molecule has 0 spiro atoms. The van der Waals surface area contributed by atoms with Crippen molar-refractivity contribution in [3.8, 4) is 44.8 Å². The summed E-state index contributed by atoms with van der Waals surface area (Å²) in [6.07, 6.45) is 0. The lowest BCUT2D eigenvalue weighted by Gasteiger charge is -2.44. The van der Waals surface area contributed by atoms with Crippen molar-refractivity contribution in [1.29, 1.82) is 0 Å². The van der Waals surface area contributed by atoms with Crippen molar-refractivity contribution >= 4 is 101 Å². The Kier molecular flexibility index (Phi) is 13.0. The first-order valence-corrected chi connectivity index (χ1v) is 35.9. The topological polar surface area (TPSA) is 16.3 Å². The Morgan fingerprint density at radius 1 is 0.257 bits per heavy atom. The van der Waals surface area contributed by atoms with Gasteiger partial charge in [-0.1, -0.05) is 294 Å². The van der Waals surface area contributed by atoms with Crippen molar-refractivity contribution in [1.82, 2.24) is 9.13 Å². The van der Waals surface area contributed by atoms with Gasteiger partial charge >= 0.3 is 0 Å². The van der Waals surface area contributed by atoms with E-state index in [4.69, 9.17) is 0 Å². The van der Waals surface area contributed by atoms with Gasteiger partial charge in [0.15, 0.2) is 0 Å². The molecule has 14 aromatic rings. The monoisotopic (exact) mass is 1320 g/mol. The summed E-state index contributed by atoms with van der Waals surface area (Å²) >= 11 is 0. The zero-order chi connectivity index (χ0) is 77.7. The van der Waals surface area contributed by atoms with Crippen LogP contribution in [0.4, 0.5) is 34.1 Å². The normalized spacial score (nSPS) is 14.7. The standard InChI is InChI=1S/C96H95BN4/c1-91(2,3)66-47-63(48-67(54-66)92(4,5)6)60-35-40-72(41-36-60)98-86-53-62(65-51-70(95(13,14)15)56-71(52-65)96(16,17)18)39-45-80(86)97-81-46-44-74(100-82-31-23-19-27-76(82)77-28-20-24-32-83(77)100)57-87(81)99(73-42-37-61(38-43-73)64-49-68(93(7,8)9)55-69(50-64)94(10,11)12)89-59-75(58-88(98)90(89)97)101-84-33-25-21-29-78(84)79-30-22-26-34-85(79)101/h19-59H,1-18H3/i21D,22D,25D,26D,29D,30D,33D,34D. The van der Waals surface area contributed by atoms with Gasteiger partial charge in [0.05, 0.1) is 38.7 Å². The summed E-state index contributed by atoms with van der Waals surface area (Å²) in [5, 5.41) is 2.29. The first-order chi connectivity index (χ1) is 51.2. The zero-order valence-electron chi connectivity index (χ0n) is 69.9. The summed E-state index contributed by atoms with van der Waals surface area (Å²) < 4.78 is 80.7. The first-order valence-electron chi connectivity index (χ1n) is 39.9. The molecule has 0 amide bonds. The Labute approximate surface area is 611 Å². The molecule has 12 aromatic carbocycles. The molecular formula is C96H95BN4. The lowest BCUT2D eigenvalue weighted by Crippen LogP contribution is -2.61. The second-order valence-corrected chi connectivity index (χ2v) is 34.7. The number of nitrogens with zero attached hydrogens (tertiary/aromatic N) is 4. The molecule has 0 fully saturated rings. The molecule has 4 heterocycles. The maximum Gasteiger partial charge on any atom is 0.252 e. The highest BCUT2D eigenvalue weighted by Crippen LogP contribution is 2.50. The van der Waals surface area contributed by atoms with Crippen LogP contribution in [0, 0.1) is 0 Å². The van der Waals surface area contributed by atoms with E-state index in [2.05, 4.69) is 339 Å². The van der Waals surface area contributed by atoms with Gasteiger partial charge in [0.25, 0.3) is 6.71 Å². The molecule has 0 N–H and O–H groups in total. The Hall–Kier alpha value is -10.1. The zero-order valence-corrected chi connectivity index (χ0v) is 61.9. The van der Waals surface area contributed by atoms with Gasteiger partial charge in [-0.3, -0.25) is 0 Å². The van der Waals surface area contributed by atoms with Crippen LogP contribution in [0.1, 0.15) is 169 Å². The van der Waals surface area contributed by atoms with E-state index in [1.807, 2.05) is 0 Å². The molecule has 502 valence electrons. The van der Waals surface area contributed by atoms with E-state index in [0.717, 1.165) is 111 Å². The van der Waals surface area contributed by atoms with Gasteiger partial charge in [-0.2, -0.15) is 0 Å². The third kappa shape index (κ3) is 11.3. The fourth-order valence-corrected chi connectivity index (χ4v) is 15.4. The third-order valence-electron chi connectivity index (χ3n) is 21.4. The van der Waals surface area contributed by atoms with Gasteiger partial charge in [0.2, 0.25) is 0 Å². The molecule has 101 heavy (non-hydrogen) atoms. The number of aromatic nitrogens is 2. The van der Waals surface area contributed by atoms with E-state index < -0.39 is 43.0 Å². The molecular weight excluding hydrogens is 1220 g/mol. The molecule has 5 heteroatoms. The second kappa shape index (κ2) is 23.2. The van der Waals surface area contributed by atoms with Gasteiger partial charge < -0.3 is 18.9 Å². The highest BCUT2D eigenvalue weighted by molar-refractivity contribution is 7.00. The molecule has 16 rings (SSSR count). The minimum Gasteiger partial charge on any atom is -0.311 e. The van der Waals surface area contributed by atoms with Crippen molar-refractivity contribution in [2.45, 2.75) is 157 Å². The maximum atomic E-state index is 10.0. The van der Waals surface area contributed by atoms with Crippen LogP contribution < -0.4 is 26.2 Å². The lowest BCUT2D eigenvalue weighted by atomic mass is 9.33. The van der Waals surface area contributed by atoms with Gasteiger partial charge in [-0.25, -0.2) is 0 Å². The van der Waals surface area contributed by atoms with Crippen LogP contribution in [0.2, 0.25) is 0 Å². The SMILES string of the molecule is [2H]c1c([2H])c([2H])c2c(c1[2H])c1c([2H])c([2H])c([2H])c([2H])c1n2-c1cc2c3c(c1)N(c1ccc(-c4cc(C(C)(C)C)cc(C(C)(C)C)c4)cc1)c1cc(-n4c5ccccc5c5ccccc54)ccc1B3c1ccc(-c3cc(C(C)(C)C)cc(C(C)(C)C)c3)cc1N2c1ccc(-c2cc(C(C)(C)C)cc(C(C)(C)C)c2)cc1. The Morgan fingerprint density at radius 3 is 0.970 bits per heavy atom. The second-order valence-electron chi connectivity index (χ2n) is 34.7. The fourth-order valence-electron chi connectivity index (χ4n) is 15.4. The predicted molar refractivity (Wildman–Crippen MR) is 438 cm³/mol. The number of rotatable bonds is 7. The number of para-hydroxylation sites is 4. The summed E-state index contributed by atoms with van der Waals surface area (Å²) in [6.45, 7) is 40.5. The summed E-state index contributed by atoms with van der Waals surface area (Å²) in [7, 11) is 0. The quantitative estimate of drug-likeness (QED) is 0.148. The minimum atomic E-state index is -0.498. The van der Waals surface area contributed by atoms with E-state index in [1.165, 1.54) is 33.4 Å². The maximum absolute atomic E-state index is 10.0. The van der Waals surface area contributed by atoms with Crippen LogP contribution in [0.25, 0.3) is 88.4 Å². The fraction of sp³-hybridized carbons (Fsp3) is 0.250. The van der Waals surface area contributed by atoms with Crippen LogP contribution in [-0.4, -0.2) is 15.8 Å². The van der Waals surface area contributed by atoms with E-state index >= 15 is 0 Å². The van der Waals surface area contributed by atoms with Crippen molar-refractivity contribution in [3.63, 3.8) is 0 Å². The third-order valence-corrected chi connectivity index (χ3v) is 21.4. The summed E-state index contributed by atoms with van der Waals surface area (Å²) in [4.78, 5) is 4.74. The molecule has 2 aliphatic heterocycles. The summed E-state index contributed by atoms with van der Waals surface area (Å²) in [6, 6.07) is 70.8. The number of benzene rings is 12. The Balaban J connectivity index is 1.06. The van der Waals surface area contributed by atoms with Gasteiger partial charge in [-0.05, 0) is 194 Å². The van der Waals surface area contributed by atoms with Crippen molar-refractivity contribution in [3.05, 3.63) is 282 Å². The molecule has 0 aliphatic carbocycles. The first kappa shape index (κ1) is 56.6. The average molecular weight is 1320 g/mol. The molecule has 0 radical (unpaired) electrons. The minimum absolute atomic E-state index is 0.00990. The lowest BCUT2D eigenvalue weighted by molar-refractivity contribution is 0.568. The van der Waals surface area contributed by atoms with E-state index in [-0.39, 0.29) is 66.4 Å². The molecule has 0 atom stereocenters. The number of fused-ring (bicyclic) bond motifs is 10. The average Bonchev–Trinajstić information content (AvgIpc) is 1.68. The van der Waals surface area contributed by atoms with E-state index in [0.29, 0.717) is 5.69 Å². The Morgan fingerprint density at radius 2 is 0.574 bits per heavy atom. The highest BCUT2D eigenvalue weighted by Gasteiger charge is 2.45. The van der Waals surface area contributed by atoms with Crippen LogP contribution in [0.15, 0.2) is 249 Å². The number of hydrogen-bond donors (Lipinski definition) is 0. The molecule has 0 unspecified atom stereocenters. The van der Waals surface area contributed by atoms with Crippen molar-refractivity contribution < 1.29 is 11.0 Å². The molecule has 0 saturated heterocycles. The van der Waals surface area contributed by atoms with E-state index in [1.54, 1.807) is 4.57 Å². The van der Waals surface area contributed by atoms with E-state index in [9.17, 15) is 11.0 Å². The van der Waals surface area contributed by atoms with Crippen molar-refractivity contribution in [2.75, 3.05) is 9.80 Å². The molecule has 2 aromatic heterocycles. The molecule has 2 aliphatic rings. The predicted octanol–water partition coefficient (Wildman–Crippen LogP) is 24.7. The molecule has 0 saturated carbocycles. The highest BCUT2D eigenvalue weighted by atomic mass is 15.2. The number of hydrogen-bond acceptors (Lipinski definition) is 2. The van der Waals surface area contributed by atoms with Crippen LogP contribution in [-0.2, 0) is 32.5 Å². The molecule has 4 nitrogen and oxygen atoms in total. The van der Waals surface area contributed by atoms with Gasteiger partial charge in [0, 0.05) is 61.4 Å². The largest absolute Gasteiger partial charge is 0.311 e. The van der Waals surface area contributed by atoms with Gasteiger partial charge in [0.1, 0.15) is 0 Å². The van der Waals surface area contributed by atoms with Crippen LogP contribution in [0.3, 0.4) is 0 Å². The molecule has 0 bridgehead atoms. The van der Waals surface area contributed by atoms with Crippen molar-refractivity contribution in [2.24, 2.45) is 0 Å².